The van der Waals surface area contributed by atoms with E-state index in [0.717, 1.165) is 37.0 Å². The molecular formula is C21H26N2O4S. The summed E-state index contributed by atoms with van der Waals surface area (Å²) in [7, 11) is 0. The Kier molecular flexibility index (Phi) is 6.70. The maximum atomic E-state index is 12.7. The van der Waals surface area contributed by atoms with Crippen LogP contribution < -0.4 is 0 Å². The van der Waals surface area contributed by atoms with E-state index in [-0.39, 0.29) is 24.4 Å². The zero-order chi connectivity index (χ0) is 20.1. The number of ketones is 1. The van der Waals surface area contributed by atoms with Crippen molar-refractivity contribution >= 4 is 29.2 Å². The van der Waals surface area contributed by atoms with Crippen molar-refractivity contribution in [1.82, 2.24) is 0 Å². The minimum Gasteiger partial charge on any atom is -0.457 e. The normalized spacial score (nSPS) is 26.2. The highest BCUT2D eigenvalue weighted by Gasteiger charge is 2.51. The van der Waals surface area contributed by atoms with Crippen LogP contribution in [-0.4, -0.2) is 39.9 Å². The first-order chi connectivity index (χ1) is 13.5. The Labute approximate surface area is 169 Å². The number of esters is 1. The number of carbonyl (C=O) groups excluding carboxylic acids is 2. The van der Waals surface area contributed by atoms with Gasteiger partial charge in [-0.15, -0.1) is 0 Å². The molecule has 6 nitrogen and oxygen atoms in total. The molecule has 1 aliphatic carbocycles. The van der Waals surface area contributed by atoms with E-state index >= 15 is 0 Å². The van der Waals surface area contributed by atoms with Gasteiger partial charge in [-0.1, -0.05) is 35.9 Å². The van der Waals surface area contributed by atoms with Crippen molar-refractivity contribution < 1.29 is 23.9 Å². The Balaban J connectivity index is 1.73. The maximum Gasteiger partial charge on any atom is 0.441 e. The average Bonchev–Trinajstić information content (AvgIpc) is 3.07. The Hall–Kier alpha value is -1.95. The molecule has 0 radical (unpaired) electrons. The summed E-state index contributed by atoms with van der Waals surface area (Å²) < 4.78 is 11.3. The molecule has 7 heteroatoms. The number of carbonyl (C=O) groups is 2. The summed E-state index contributed by atoms with van der Waals surface area (Å²) in [4.78, 5) is 28.7. The van der Waals surface area contributed by atoms with Crippen LogP contribution in [0.1, 0.15) is 51.0 Å². The van der Waals surface area contributed by atoms with Crippen LogP contribution in [-0.2, 0) is 19.1 Å². The molecule has 0 N–H and O–H groups in total. The van der Waals surface area contributed by atoms with Crippen LogP contribution in [0, 0.1) is 12.8 Å². The van der Waals surface area contributed by atoms with Crippen molar-refractivity contribution in [2.24, 2.45) is 5.92 Å². The van der Waals surface area contributed by atoms with Gasteiger partial charge in [-0.25, -0.2) is 4.79 Å². The summed E-state index contributed by atoms with van der Waals surface area (Å²) in [6.07, 6.45) is 4.74. The lowest BCUT2D eigenvalue weighted by atomic mass is 9.80. The monoisotopic (exact) mass is 402 g/mol. The largest absolute Gasteiger partial charge is 0.457 e. The molecule has 1 aromatic carbocycles. The molecule has 2 aliphatic rings. The number of Topliss-reactive ketones (excluding diaryl/α,β-unsaturated/α-hetero) is 1. The van der Waals surface area contributed by atoms with Gasteiger partial charge in [0.2, 0.25) is 0 Å². The van der Waals surface area contributed by atoms with E-state index in [4.69, 9.17) is 15.0 Å². The van der Waals surface area contributed by atoms with Crippen molar-refractivity contribution in [3.63, 3.8) is 0 Å². The molecule has 1 saturated carbocycles. The third-order valence-electron chi connectivity index (χ3n) is 5.59. The molecule has 0 unspecified atom stereocenters. The number of hydrogen-bond acceptors (Lipinski definition) is 5. The standard InChI is InChI=1S/C21H26N2O4S/c1-3-26-20(25)19(23-22)17(24)13-21-12-4-5-15(21)8-11-18(27-21)28-16-9-6-14(2)7-10-16/h6-7,9-10,15,18H,3-5,8,11-13H2,1-2H3/t15-,18+,21+/m1/s1. The van der Waals surface area contributed by atoms with Crippen molar-refractivity contribution in [1.29, 1.82) is 0 Å². The Bertz CT molecular complexity index is 788. The number of benzene rings is 1. The van der Waals surface area contributed by atoms with E-state index in [0.29, 0.717) is 0 Å². The number of nitrogens with zero attached hydrogens (tertiary/aromatic N) is 2. The molecular weight excluding hydrogens is 376 g/mol. The highest BCUT2D eigenvalue weighted by molar-refractivity contribution is 7.99. The smallest absolute Gasteiger partial charge is 0.441 e. The fourth-order valence-electron chi connectivity index (χ4n) is 4.23. The fraction of sp³-hybridized carbons (Fsp3) is 0.571. The number of hydrogen-bond donors (Lipinski definition) is 0. The molecule has 0 amide bonds. The summed E-state index contributed by atoms with van der Waals surface area (Å²) in [5, 5.41) is 0. The summed E-state index contributed by atoms with van der Waals surface area (Å²) in [6.45, 7) is 3.81. The summed E-state index contributed by atoms with van der Waals surface area (Å²) >= 11 is 1.67. The molecule has 1 aliphatic heterocycles. The SMILES string of the molecule is CCOC(=O)C(=[N+]=[N-])C(=O)C[C@@]12CCC[C@@H]1CC[C@H](Sc1ccc(C)cc1)O2. The van der Waals surface area contributed by atoms with Gasteiger partial charge in [0.1, 0.15) is 5.44 Å². The molecule has 2 fully saturated rings. The number of rotatable bonds is 7. The second kappa shape index (κ2) is 9.03. The Morgan fingerprint density at radius 2 is 2.04 bits per heavy atom. The second-order valence-corrected chi connectivity index (χ2v) is 8.71. The maximum absolute atomic E-state index is 12.7. The quantitative estimate of drug-likeness (QED) is 0.226. The molecule has 3 rings (SSSR count). The zero-order valence-electron chi connectivity index (χ0n) is 16.3. The summed E-state index contributed by atoms with van der Waals surface area (Å²) in [5.41, 5.74) is 9.18. The minimum atomic E-state index is -0.887. The summed E-state index contributed by atoms with van der Waals surface area (Å²) in [6, 6.07) is 8.32. The van der Waals surface area contributed by atoms with Gasteiger partial charge in [-0.05, 0) is 57.6 Å². The van der Waals surface area contributed by atoms with Crippen LogP contribution in [0.3, 0.4) is 0 Å². The van der Waals surface area contributed by atoms with Gasteiger partial charge < -0.3 is 15.0 Å². The van der Waals surface area contributed by atoms with Crippen molar-refractivity contribution in [2.75, 3.05) is 6.61 Å². The highest BCUT2D eigenvalue weighted by Crippen LogP contribution is 2.50. The van der Waals surface area contributed by atoms with Crippen LogP contribution >= 0.6 is 11.8 Å². The van der Waals surface area contributed by atoms with Gasteiger partial charge in [0.25, 0.3) is 5.78 Å². The van der Waals surface area contributed by atoms with Crippen molar-refractivity contribution in [3.8, 4) is 0 Å². The predicted molar refractivity (Wildman–Crippen MR) is 106 cm³/mol. The van der Waals surface area contributed by atoms with Crippen LogP contribution in [0.2, 0.25) is 0 Å². The number of fused-ring (bicyclic) bond motifs is 1. The Morgan fingerprint density at radius 3 is 2.71 bits per heavy atom. The first-order valence-corrected chi connectivity index (χ1v) is 10.7. The molecule has 150 valence electrons. The topological polar surface area (TPSA) is 89.0 Å². The van der Waals surface area contributed by atoms with Gasteiger partial charge >= 0.3 is 11.7 Å². The lowest BCUT2D eigenvalue weighted by molar-refractivity contribution is -0.147. The van der Waals surface area contributed by atoms with E-state index < -0.39 is 23.1 Å². The van der Waals surface area contributed by atoms with Gasteiger partial charge in [0.15, 0.2) is 0 Å². The van der Waals surface area contributed by atoms with E-state index in [1.807, 2.05) is 0 Å². The number of aryl methyl sites for hydroxylation is 1. The van der Waals surface area contributed by atoms with E-state index in [1.165, 1.54) is 5.56 Å². The van der Waals surface area contributed by atoms with Crippen LogP contribution in [0.25, 0.3) is 5.53 Å². The molecule has 0 aromatic heterocycles. The van der Waals surface area contributed by atoms with Crippen molar-refractivity contribution in [2.45, 2.75) is 68.3 Å². The van der Waals surface area contributed by atoms with Crippen LogP contribution in [0.15, 0.2) is 29.2 Å². The first kappa shape index (κ1) is 20.8. The summed E-state index contributed by atoms with van der Waals surface area (Å²) in [5.74, 6) is -1.12. The fourth-order valence-corrected chi connectivity index (χ4v) is 5.32. The van der Waals surface area contributed by atoms with E-state index in [2.05, 4.69) is 36.0 Å². The molecule has 0 bridgehead atoms. The lowest BCUT2D eigenvalue weighted by Crippen LogP contribution is -2.47. The van der Waals surface area contributed by atoms with Gasteiger partial charge in [0.05, 0.1) is 12.2 Å². The van der Waals surface area contributed by atoms with Crippen LogP contribution in [0.5, 0.6) is 0 Å². The van der Waals surface area contributed by atoms with Gasteiger partial charge in [-0.2, -0.15) is 4.79 Å². The Morgan fingerprint density at radius 1 is 1.29 bits per heavy atom. The third-order valence-corrected chi connectivity index (χ3v) is 6.73. The first-order valence-electron chi connectivity index (χ1n) is 9.81. The third kappa shape index (κ3) is 4.54. The molecule has 3 atom stereocenters. The van der Waals surface area contributed by atoms with Crippen molar-refractivity contribution in [3.05, 3.63) is 35.4 Å². The zero-order valence-corrected chi connectivity index (χ0v) is 17.2. The molecule has 1 saturated heterocycles. The van der Waals surface area contributed by atoms with Gasteiger partial charge in [0, 0.05) is 11.3 Å². The molecule has 28 heavy (non-hydrogen) atoms. The second-order valence-electron chi connectivity index (χ2n) is 7.48. The minimum absolute atomic E-state index is 0.0398. The highest BCUT2D eigenvalue weighted by atomic mass is 32.2. The number of ether oxygens (including phenoxy) is 2. The van der Waals surface area contributed by atoms with Gasteiger partial charge in [-0.3, -0.25) is 4.79 Å². The van der Waals surface area contributed by atoms with Crippen LogP contribution in [0.4, 0.5) is 0 Å². The molecule has 1 heterocycles. The van der Waals surface area contributed by atoms with E-state index in [1.54, 1.807) is 18.7 Å². The lowest BCUT2D eigenvalue weighted by Gasteiger charge is -2.42. The average molecular weight is 403 g/mol. The molecule has 1 aromatic rings. The number of thioether (sulfide) groups is 1. The van der Waals surface area contributed by atoms with E-state index in [9.17, 15) is 9.59 Å². The molecule has 0 spiro atoms. The predicted octanol–water partition coefficient (Wildman–Crippen LogP) is 3.96.